The molecule has 0 saturated heterocycles. The van der Waals surface area contributed by atoms with Crippen molar-refractivity contribution >= 4 is 22.2 Å². The topological polar surface area (TPSA) is 41.6 Å². The molecule has 3 nitrogen and oxygen atoms in total. The number of fused-ring (bicyclic) bond motifs is 1. The average Bonchev–Trinajstić information content (AvgIpc) is 3.16. The van der Waals surface area contributed by atoms with Gasteiger partial charge in [-0.25, -0.2) is 4.39 Å². The van der Waals surface area contributed by atoms with Crippen LogP contribution in [0.25, 0.3) is 32.0 Å². The largest absolute Gasteiger partial charge is 0.361 e. The van der Waals surface area contributed by atoms with Gasteiger partial charge in [-0.15, -0.1) is 10.2 Å². The number of aromatic amines is 1. The third-order valence-corrected chi connectivity index (χ3v) is 4.34. The number of nitrogens with zero attached hydrogens (tertiary/aromatic N) is 2. The average molecular weight is 295 g/mol. The van der Waals surface area contributed by atoms with E-state index in [-0.39, 0.29) is 5.82 Å². The first kappa shape index (κ1) is 12.2. The highest BCUT2D eigenvalue weighted by molar-refractivity contribution is 7.17. The number of H-pyrrole nitrogens is 1. The lowest BCUT2D eigenvalue weighted by Gasteiger charge is -1.97. The Morgan fingerprint density at radius 1 is 0.952 bits per heavy atom. The van der Waals surface area contributed by atoms with Crippen molar-refractivity contribution in [1.29, 1.82) is 0 Å². The van der Waals surface area contributed by atoms with E-state index in [1.807, 2.05) is 24.4 Å². The molecule has 2 aromatic carbocycles. The Kier molecular flexibility index (Phi) is 2.79. The van der Waals surface area contributed by atoms with Gasteiger partial charge >= 0.3 is 0 Å². The highest BCUT2D eigenvalue weighted by Gasteiger charge is 2.12. The molecule has 4 rings (SSSR count). The molecule has 0 spiro atoms. The lowest BCUT2D eigenvalue weighted by atomic mass is 10.2. The van der Waals surface area contributed by atoms with E-state index in [1.54, 1.807) is 18.2 Å². The number of benzene rings is 2. The van der Waals surface area contributed by atoms with Crippen LogP contribution in [0.3, 0.4) is 0 Å². The second-order valence-corrected chi connectivity index (χ2v) is 5.65. The molecule has 0 unspecified atom stereocenters. The van der Waals surface area contributed by atoms with Crippen LogP contribution in [0.4, 0.5) is 4.39 Å². The number of hydrogen-bond acceptors (Lipinski definition) is 3. The molecule has 0 atom stereocenters. The minimum absolute atomic E-state index is 0.277. The Hall–Kier alpha value is -2.53. The van der Waals surface area contributed by atoms with Crippen molar-refractivity contribution in [3.8, 4) is 21.1 Å². The van der Waals surface area contributed by atoms with Crippen LogP contribution in [0.2, 0.25) is 0 Å². The quantitative estimate of drug-likeness (QED) is 0.592. The molecule has 0 aliphatic carbocycles. The summed E-state index contributed by atoms with van der Waals surface area (Å²) in [5, 5.41) is 10.8. The van der Waals surface area contributed by atoms with Crippen LogP contribution in [0.15, 0.2) is 54.7 Å². The Morgan fingerprint density at radius 3 is 2.71 bits per heavy atom. The molecule has 102 valence electrons. The number of nitrogens with one attached hydrogen (secondary N) is 1. The molecular formula is C16H10FN3S. The maximum Gasteiger partial charge on any atom is 0.151 e. The van der Waals surface area contributed by atoms with Crippen molar-refractivity contribution in [3.63, 3.8) is 0 Å². The van der Waals surface area contributed by atoms with Crippen molar-refractivity contribution in [2.45, 2.75) is 0 Å². The van der Waals surface area contributed by atoms with E-state index in [0.717, 1.165) is 21.5 Å². The third-order valence-electron chi connectivity index (χ3n) is 3.33. The first-order valence-electron chi connectivity index (χ1n) is 6.47. The van der Waals surface area contributed by atoms with Gasteiger partial charge in [-0.2, -0.15) is 0 Å². The normalized spacial score (nSPS) is 11.1. The summed E-state index contributed by atoms with van der Waals surface area (Å²) >= 11 is 1.39. The molecular weight excluding hydrogens is 285 g/mol. The zero-order chi connectivity index (χ0) is 14.2. The Bertz CT molecular complexity index is 926. The summed E-state index contributed by atoms with van der Waals surface area (Å²) in [7, 11) is 0. The van der Waals surface area contributed by atoms with E-state index in [1.165, 1.54) is 17.4 Å². The maximum absolute atomic E-state index is 13.8. The van der Waals surface area contributed by atoms with E-state index in [2.05, 4.69) is 21.2 Å². The molecule has 0 aliphatic heterocycles. The van der Waals surface area contributed by atoms with Crippen LogP contribution in [-0.2, 0) is 0 Å². The van der Waals surface area contributed by atoms with Crippen LogP contribution < -0.4 is 0 Å². The van der Waals surface area contributed by atoms with Gasteiger partial charge in [0.1, 0.15) is 10.8 Å². The summed E-state index contributed by atoms with van der Waals surface area (Å²) in [6.07, 6.45) is 1.90. The first-order valence-corrected chi connectivity index (χ1v) is 7.29. The zero-order valence-corrected chi connectivity index (χ0v) is 11.7. The number of rotatable bonds is 2. The fourth-order valence-electron chi connectivity index (χ4n) is 2.27. The molecule has 4 aromatic rings. The van der Waals surface area contributed by atoms with Gasteiger partial charge in [0, 0.05) is 28.2 Å². The van der Waals surface area contributed by atoms with E-state index in [9.17, 15) is 4.39 Å². The van der Waals surface area contributed by atoms with Gasteiger partial charge in [0.25, 0.3) is 0 Å². The molecule has 0 amide bonds. The second-order valence-electron chi connectivity index (χ2n) is 4.67. The van der Waals surface area contributed by atoms with Crippen LogP contribution >= 0.6 is 11.3 Å². The van der Waals surface area contributed by atoms with E-state index < -0.39 is 0 Å². The van der Waals surface area contributed by atoms with Gasteiger partial charge in [0.15, 0.2) is 5.01 Å². The second kappa shape index (κ2) is 4.79. The van der Waals surface area contributed by atoms with Crippen LogP contribution in [-0.4, -0.2) is 15.2 Å². The molecule has 0 aliphatic rings. The summed E-state index contributed by atoms with van der Waals surface area (Å²) in [6.45, 7) is 0. The molecule has 1 N–H and O–H groups in total. The highest BCUT2D eigenvalue weighted by Crippen LogP contribution is 2.32. The lowest BCUT2D eigenvalue weighted by Crippen LogP contribution is -1.82. The molecule has 0 bridgehead atoms. The molecule has 0 saturated carbocycles. The molecule has 5 heteroatoms. The predicted octanol–water partition coefficient (Wildman–Crippen LogP) is 4.49. The third kappa shape index (κ3) is 2.11. The number of halogens is 1. The van der Waals surface area contributed by atoms with Gasteiger partial charge in [0.05, 0.1) is 0 Å². The van der Waals surface area contributed by atoms with Crippen molar-refractivity contribution < 1.29 is 4.39 Å². The predicted molar refractivity (Wildman–Crippen MR) is 82.6 cm³/mol. The van der Waals surface area contributed by atoms with E-state index >= 15 is 0 Å². The Labute approximate surface area is 124 Å². The van der Waals surface area contributed by atoms with Gasteiger partial charge < -0.3 is 4.98 Å². The number of aromatic nitrogens is 3. The van der Waals surface area contributed by atoms with Gasteiger partial charge in [0.2, 0.25) is 0 Å². The zero-order valence-electron chi connectivity index (χ0n) is 10.9. The monoisotopic (exact) mass is 295 g/mol. The highest BCUT2D eigenvalue weighted by atomic mass is 32.1. The minimum atomic E-state index is -0.277. The first-order chi connectivity index (χ1) is 10.3. The molecule has 2 aromatic heterocycles. The summed E-state index contributed by atoms with van der Waals surface area (Å²) in [5.74, 6) is -0.277. The summed E-state index contributed by atoms with van der Waals surface area (Å²) in [5.41, 5.74) is 2.56. The molecule has 0 fully saturated rings. The van der Waals surface area contributed by atoms with Gasteiger partial charge in [-0.05, 0) is 36.4 Å². The maximum atomic E-state index is 13.8. The fourth-order valence-corrected chi connectivity index (χ4v) is 3.14. The SMILES string of the molecule is Fc1ccccc1-c1nnc(-c2ccc3[nH]ccc3c2)s1. The van der Waals surface area contributed by atoms with Crippen LogP contribution in [0.1, 0.15) is 0 Å². The van der Waals surface area contributed by atoms with Crippen molar-refractivity contribution in [2.75, 3.05) is 0 Å². The summed E-state index contributed by atoms with van der Waals surface area (Å²) in [4.78, 5) is 3.15. The molecule has 2 heterocycles. The Balaban J connectivity index is 1.78. The van der Waals surface area contributed by atoms with Crippen LogP contribution in [0, 0.1) is 5.82 Å². The lowest BCUT2D eigenvalue weighted by molar-refractivity contribution is 0.631. The van der Waals surface area contributed by atoms with Crippen molar-refractivity contribution in [2.24, 2.45) is 0 Å². The standard InChI is InChI=1S/C16H10FN3S/c17-13-4-2-1-3-12(13)16-20-19-15(21-16)11-5-6-14-10(9-11)7-8-18-14/h1-9,18H. The van der Waals surface area contributed by atoms with E-state index in [4.69, 9.17) is 0 Å². The summed E-state index contributed by atoms with van der Waals surface area (Å²) < 4.78 is 13.8. The van der Waals surface area contributed by atoms with Gasteiger partial charge in [-0.3, -0.25) is 0 Å². The van der Waals surface area contributed by atoms with Gasteiger partial charge in [-0.1, -0.05) is 23.5 Å². The van der Waals surface area contributed by atoms with Crippen molar-refractivity contribution in [1.82, 2.24) is 15.2 Å². The van der Waals surface area contributed by atoms with Crippen LogP contribution in [0.5, 0.6) is 0 Å². The number of hydrogen-bond donors (Lipinski definition) is 1. The smallest absolute Gasteiger partial charge is 0.151 e. The van der Waals surface area contributed by atoms with E-state index in [0.29, 0.717) is 10.6 Å². The van der Waals surface area contributed by atoms with Crippen molar-refractivity contribution in [3.05, 3.63) is 60.5 Å². The summed E-state index contributed by atoms with van der Waals surface area (Å²) in [6, 6.07) is 14.7. The molecule has 0 radical (unpaired) electrons. The Morgan fingerprint density at radius 2 is 1.81 bits per heavy atom. The minimum Gasteiger partial charge on any atom is -0.361 e. The molecule has 21 heavy (non-hydrogen) atoms. The fraction of sp³-hybridized carbons (Fsp3) is 0.